The quantitative estimate of drug-likeness (QED) is 0.777. The minimum Gasteiger partial charge on any atom is -0.378 e. The summed E-state index contributed by atoms with van der Waals surface area (Å²) in [5.41, 5.74) is 2.93. The summed E-state index contributed by atoms with van der Waals surface area (Å²) in [4.78, 5) is 20.8. The molecular formula is C19H20N4O2. The van der Waals surface area contributed by atoms with Crippen LogP contribution in [0.4, 0.5) is 0 Å². The van der Waals surface area contributed by atoms with E-state index in [4.69, 9.17) is 4.74 Å². The second-order valence-corrected chi connectivity index (χ2v) is 6.24. The molecule has 1 fully saturated rings. The summed E-state index contributed by atoms with van der Waals surface area (Å²) in [6.45, 7) is 1.25. The molecule has 3 heterocycles. The minimum absolute atomic E-state index is 0.0246. The van der Waals surface area contributed by atoms with Crippen molar-refractivity contribution < 1.29 is 9.53 Å². The highest BCUT2D eigenvalue weighted by atomic mass is 16.5. The number of imidazole rings is 1. The summed E-state index contributed by atoms with van der Waals surface area (Å²) in [7, 11) is 0. The van der Waals surface area contributed by atoms with Gasteiger partial charge in [-0.3, -0.25) is 9.36 Å². The summed E-state index contributed by atoms with van der Waals surface area (Å²) >= 11 is 0. The van der Waals surface area contributed by atoms with Crippen LogP contribution in [-0.4, -0.2) is 33.2 Å². The fraction of sp³-hybridized carbons (Fsp3) is 0.316. The maximum absolute atomic E-state index is 11.9. The lowest BCUT2D eigenvalue weighted by atomic mass is 10.2. The zero-order valence-electron chi connectivity index (χ0n) is 13.9. The predicted octanol–water partition coefficient (Wildman–Crippen LogP) is 2.61. The first-order valence-corrected chi connectivity index (χ1v) is 8.55. The maximum Gasteiger partial charge on any atom is 0.222 e. The second-order valence-electron chi connectivity index (χ2n) is 6.24. The fourth-order valence-electron chi connectivity index (χ4n) is 3.09. The van der Waals surface area contributed by atoms with Crippen LogP contribution in [0.3, 0.4) is 0 Å². The van der Waals surface area contributed by atoms with Gasteiger partial charge in [0.1, 0.15) is 12.1 Å². The summed E-state index contributed by atoms with van der Waals surface area (Å²) in [6.07, 6.45) is 6.10. The van der Waals surface area contributed by atoms with Crippen molar-refractivity contribution in [2.24, 2.45) is 0 Å². The molecule has 0 aliphatic carbocycles. The molecule has 0 unspecified atom stereocenters. The van der Waals surface area contributed by atoms with E-state index in [1.165, 1.54) is 0 Å². The minimum atomic E-state index is 0.0246. The van der Waals surface area contributed by atoms with Gasteiger partial charge in [0.25, 0.3) is 0 Å². The number of aromatic nitrogens is 3. The first-order chi connectivity index (χ1) is 12.3. The van der Waals surface area contributed by atoms with E-state index in [0.29, 0.717) is 13.0 Å². The van der Waals surface area contributed by atoms with Gasteiger partial charge in [-0.05, 0) is 36.6 Å². The molecule has 0 bridgehead atoms. The van der Waals surface area contributed by atoms with E-state index in [1.807, 2.05) is 41.0 Å². The van der Waals surface area contributed by atoms with Crippen LogP contribution >= 0.6 is 0 Å². The highest BCUT2D eigenvalue weighted by Gasteiger charge is 2.18. The van der Waals surface area contributed by atoms with Gasteiger partial charge in [-0.1, -0.05) is 18.2 Å². The van der Waals surface area contributed by atoms with Crippen molar-refractivity contribution in [1.82, 2.24) is 19.9 Å². The Morgan fingerprint density at radius 3 is 2.96 bits per heavy atom. The molecule has 1 amide bonds. The number of carbonyl (C=O) groups excluding carboxylic acids is 1. The molecule has 1 saturated heterocycles. The SMILES string of the molecule is O=C(C[C@H]1CCCO1)NCc1ccc(-n2cnc3ccccc32)nc1. The molecule has 0 radical (unpaired) electrons. The summed E-state index contributed by atoms with van der Waals surface area (Å²) in [6, 6.07) is 11.9. The molecule has 6 heteroatoms. The number of rotatable bonds is 5. The molecule has 128 valence electrons. The second kappa shape index (κ2) is 7.03. The van der Waals surface area contributed by atoms with E-state index in [1.54, 1.807) is 12.5 Å². The number of carbonyl (C=O) groups is 1. The van der Waals surface area contributed by atoms with Crippen LogP contribution in [-0.2, 0) is 16.1 Å². The number of pyridine rings is 1. The van der Waals surface area contributed by atoms with Crippen LogP contribution in [0, 0.1) is 0 Å². The molecule has 3 aromatic rings. The van der Waals surface area contributed by atoms with Gasteiger partial charge >= 0.3 is 0 Å². The fourth-order valence-corrected chi connectivity index (χ4v) is 3.09. The van der Waals surface area contributed by atoms with E-state index >= 15 is 0 Å². The third-order valence-corrected chi connectivity index (χ3v) is 4.44. The third-order valence-electron chi connectivity index (χ3n) is 4.44. The Morgan fingerprint density at radius 1 is 1.24 bits per heavy atom. The maximum atomic E-state index is 11.9. The number of nitrogens with zero attached hydrogens (tertiary/aromatic N) is 3. The molecule has 25 heavy (non-hydrogen) atoms. The number of ether oxygens (including phenoxy) is 1. The largest absolute Gasteiger partial charge is 0.378 e. The lowest BCUT2D eigenvalue weighted by molar-refractivity contribution is -0.123. The molecular weight excluding hydrogens is 316 g/mol. The lowest BCUT2D eigenvalue weighted by Gasteiger charge is -2.10. The van der Waals surface area contributed by atoms with Crippen molar-refractivity contribution in [3.63, 3.8) is 0 Å². The normalized spacial score (nSPS) is 17.0. The van der Waals surface area contributed by atoms with Crippen molar-refractivity contribution in [2.45, 2.75) is 31.9 Å². The van der Waals surface area contributed by atoms with Crippen LogP contribution in [0.15, 0.2) is 48.9 Å². The Morgan fingerprint density at radius 2 is 2.16 bits per heavy atom. The van der Waals surface area contributed by atoms with Gasteiger partial charge in [0, 0.05) is 19.3 Å². The Bertz CT molecular complexity index is 867. The average Bonchev–Trinajstić information content (AvgIpc) is 3.30. The van der Waals surface area contributed by atoms with Crippen molar-refractivity contribution in [1.29, 1.82) is 0 Å². The van der Waals surface area contributed by atoms with Crippen LogP contribution in [0.1, 0.15) is 24.8 Å². The molecule has 0 spiro atoms. The predicted molar refractivity (Wildman–Crippen MR) is 94.3 cm³/mol. The highest BCUT2D eigenvalue weighted by molar-refractivity contribution is 5.77. The molecule has 1 aliphatic rings. The van der Waals surface area contributed by atoms with Crippen LogP contribution in [0.25, 0.3) is 16.9 Å². The van der Waals surface area contributed by atoms with Gasteiger partial charge in [-0.25, -0.2) is 9.97 Å². The molecule has 4 rings (SSSR count). The van der Waals surface area contributed by atoms with E-state index in [2.05, 4.69) is 15.3 Å². The van der Waals surface area contributed by atoms with Gasteiger partial charge in [0.05, 0.1) is 23.6 Å². The van der Waals surface area contributed by atoms with Gasteiger partial charge in [0.2, 0.25) is 5.91 Å². The third kappa shape index (κ3) is 3.53. The van der Waals surface area contributed by atoms with Crippen molar-refractivity contribution >= 4 is 16.9 Å². The zero-order valence-corrected chi connectivity index (χ0v) is 13.9. The van der Waals surface area contributed by atoms with Crippen LogP contribution < -0.4 is 5.32 Å². The topological polar surface area (TPSA) is 69.0 Å². The van der Waals surface area contributed by atoms with Gasteiger partial charge < -0.3 is 10.1 Å². The number of hydrogen-bond acceptors (Lipinski definition) is 4. The first kappa shape index (κ1) is 15.8. The molecule has 6 nitrogen and oxygen atoms in total. The van der Waals surface area contributed by atoms with Gasteiger partial charge in [0.15, 0.2) is 0 Å². The number of fused-ring (bicyclic) bond motifs is 1. The van der Waals surface area contributed by atoms with E-state index < -0.39 is 0 Å². The molecule has 1 aromatic carbocycles. The Labute approximate surface area is 145 Å². The molecule has 1 atom stereocenters. The van der Waals surface area contributed by atoms with Crippen molar-refractivity contribution in [3.8, 4) is 5.82 Å². The molecule has 0 saturated carbocycles. The monoisotopic (exact) mass is 336 g/mol. The first-order valence-electron chi connectivity index (χ1n) is 8.55. The number of hydrogen-bond donors (Lipinski definition) is 1. The number of amides is 1. The van der Waals surface area contributed by atoms with E-state index in [0.717, 1.165) is 41.9 Å². The highest BCUT2D eigenvalue weighted by Crippen LogP contribution is 2.17. The summed E-state index contributed by atoms with van der Waals surface area (Å²) in [5.74, 6) is 0.833. The standard InChI is InChI=1S/C19H20N4O2/c24-19(10-15-4-3-9-25-15)21-12-14-7-8-18(20-11-14)23-13-22-16-5-1-2-6-17(16)23/h1-2,5-8,11,13,15H,3-4,9-10,12H2,(H,21,24)/t15-/m1/s1. The van der Waals surface area contributed by atoms with Gasteiger partial charge in [-0.15, -0.1) is 0 Å². The van der Waals surface area contributed by atoms with Crippen molar-refractivity contribution in [2.75, 3.05) is 6.61 Å². The number of para-hydroxylation sites is 2. The van der Waals surface area contributed by atoms with Crippen LogP contribution in [0.5, 0.6) is 0 Å². The van der Waals surface area contributed by atoms with Crippen molar-refractivity contribution in [3.05, 3.63) is 54.5 Å². The summed E-state index contributed by atoms with van der Waals surface area (Å²) in [5, 5.41) is 2.93. The van der Waals surface area contributed by atoms with E-state index in [-0.39, 0.29) is 12.0 Å². The lowest BCUT2D eigenvalue weighted by Crippen LogP contribution is -2.26. The molecule has 1 N–H and O–H groups in total. The zero-order chi connectivity index (χ0) is 17.1. The average molecular weight is 336 g/mol. The Kier molecular flexibility index (Phi) is 4.43. The van der Waals surface area contributed by atoms with Crippen LogP contribution in [0.2, 0.25) is 0 Å². The molecule has 1 aliphatic heterocycles. The van der Waals surface area contributed by atoms with E-state index in [9.17, 15) is 4.79 Å². The smallest absolute Gasteiger partial charge is 0.222 e. The number of benzene rings is 1. The number of nitrogens with one attached hydrogen (secondary N) is 1. The van der Waals surface area contributed by atoms with Gasteiger partial charge in [-0.2, -0.15) is 0 Å². The molecule has 2 aromatic heterocycles. The Balaban J connectivity index is 1.39. The summed E-state index contributed by atoms with van der Waals surface area (Å²) < 4.78 is 7.44. The Hall–Kier alpha value is -2.73.